The molecule has 0 heterocycles. The minimum Gasteiger partial charge on any atom is -0.469 e. The Balaban J connectivity index is 0.992. The fourth-order valence-corrected chi connectivity index (χ4v) is 11.6. The van der Waals surface area contributed by atoms with E-state index in [-0.39, 0.29) is 17.5 Å². The van der Waals surface area contributed by atoms with Crippen molar-refractivity contribution in [2.75, 3.05) is 7.11 Å². The van der Waals surface area contributed by atoms with Crippen LogP contribution in [0.2, 0.25) is 0 Å². The Bertz CT molecular complexity index is 798. The van der Waals surface area contributed by atoms with E-state index < -0.39 is 0 Å². The molecule has 8 rings (SSSR count). The number of carbonyl (C=O) groups is 2. The topological polar surface area (TPSA) is 67.4 Å². The number of methoxy groups -OCH3 is 1. The number of amides is 2. The number of nitrogens with one attached hydrogen (secondary N) is 2. The van der Waals surface area contributed by atoms with Crippen LogP contribution in [0.5, 0.6) is 0 Å². The number of unbranched alkanes of at least 4 members (excludes halogenated alkanes) is 7. The SMILES string of the molecule is COC(=O)CCCCCCCCCCC(NC(=O)NC12CC3CC(CC(C3)C1)C2)C12CC3CC(CC(C3)C1)C2. The molecule has 8 aliphatic carbocycles. The van der Waals surface area contributed by atoms with Crippen molar-refractivity contribution < 1.29 is 14.3 Å². The van der Waals surface area contributed by atoms with Crippen molar-refractivity contribution in [1.82, 2.24) is 10.6 Å². The van der Waals surface area contributed by atoms with Crippen molar-refractivity contribution in [3.05, 3.63) is 0 Å². The zero-order valence-electron chi connectivity index (χ0n) is 24.8. The largest absolute Gasteiger partial charge is 0.469 e. The summed E-state index contributed by atoms with van der Waals surface area (Å²) in [7, 11) is 1.47. The molecule has 0 spiro atoms. The van der Waals surface area contributed by atoms with Gasteiger partial charge in [0.25, 0.3) is 0 Å². The third-order valence-electron chi connectivity index (χ3n) is 12.4. The highest BCUT2D eigenvalue weighted by Crippen LogP contribution is 2.62. The maximum absolute atomic E-state index is 13.7. The molecule has 0 radical (unpaired) electrons. The van der Waals surface area contributed by atoms with E-state index in [9.17, 15) is 9.59 Å². The Morgan fingerprint density at radius 3 is 1.59 bits per heavy atom. The van der Waals surface area contributed by atoms with E-state index in [4.69, 9.17) is 4.74 Å². The lowest BCUT2D eigenvalue weighted by Crippen LogP contribution is -2.64. The van der Waals surface area contributed by atoms with E-state index in [0.717, 1.165) is 48.3 Å². The molecule has 8 saturated carbocycles. The van der Waals surface area contributed by atoms with Gasteiger partial charge in [0.15, 0.2) is 0 Å². The normalized spacial score (nSPS) is 40.0. The van der Waals surface area contributed by atoms with Gasteiger partial charge in [-0.05, 0) is 131 Å². The molecule has 39 heavy (non-hydrogen) atoms. The Kier molecular flexibility index (Phi) is 8.53. The smallest absolute Gasteiger partial charge is 0.315 e. The van der Waals surface area contributed by atoms with Crippen LogP contribution in [0.1, 0.15) is 141 Å². The van der Waals surface area contributed by atoms with Gasteiger partial charge < -0.3 is 15.4 Å². The van der Waals surface area contributed by atoms with E-state index in [2.05, 4.69) is 10.6 Å². The summed E-state index contributed by atoms with van der Waals surface area (Å²) < 4.78 is 4.73. The Morgan fingerprint density at radius 1 is 0.667 bits per heavy atom. The molecule has 1 atom stereocenters. The quantitative estimate of drug-likeness (QED) is 0.174. The Labute approximate surface area is 237 Å². The molecule has 2 amide bonds. The second kappa shape index (κ2) is 11.9. The monoisotopic (exact) mass is 540 g/mol. The Morgan fingerprint density at radius 2 is 1.10 bits per heavy atom. The second-order valence-corrected chi connectivity index (χ2v) is 15.6. The number of ether oxygens (including phenoxy) is 1. The van der Waals surface area contributed by atoms with E-state index in [0.29, 0.717) is 17.9 Å². The number of urea groups is 1. The third kappa shape index (κ3) is 6.48. The first kappa shape index (κ1) is 27.9. The maximum atomic E-state index is 13.7. The van der Waals surface area contributed by atoms with Crippen LogP contribution >= 0.6 is 0 Å². The van der Waals surface area contributed by atoms with Crippen LogP contribution in [0.4, 0.5) is 4.79 Å². The van der Waals surface area contributed by atoms with Gasteiger partial charge in [-0.15, -0.1) is 0 Å². The second-order valence-electron chi connectivity index (χ2n) is 15.6. The minimum atomic E-state index is -0.0798. The highest BCUT2D eigenvalue weighted by molar-refractivity contribution is 5.75. The molecule has 0 aromatic heterocycles. The lowest BCUT2D eigenvalue weighted by molar-refractivity contribution is -0.140. The summed E-state index contributed by atoms with van der Waals surface area (Å²) in [5.41, 5.74) is 0.467. The molecular weight excluding hydrogens is 484 g/mol. The average molecular weight is 541 g/mol. The summed E-state index contributed by atoms with van der Waals surface area (Å²) in [6, 6.07) is 0.530. The van der Waals surface area contributed by atoms with Crippen LogP contribution in [0, 0.1) is 40.9 Å². The molecular formula is C34H56N2O3. The standard InChI is InChI=1S/C34H56N2O3/c1-39-31(37)11-9-7-5-3-2-4-6-8-10-30(33-18-24-12-25(19-33)14-26(13-24)20-33)35-32(38)36-34-21-27-15-28(22-34)17-29(16-27)23-34/h24-30H,2-23H2,1H3,(H2,35,36,38). The first-order valence-electron chi connectivity index (χ1n) is 17.1. The molecule has 8 bridgehead atoms. The van der Waals surface area contributed by atoms with Crippen molar-refractivity contribution >= 4 is 12.0 Å². The summed E-state index contributed by atoms with van der Waals surface area (Å²) in [5.74, 6) is 5.28. The average Bonchev–Trinajstić information content (AvgIpc) is 2.87. The van der Waals surface area contributed by atoms with Crippen molar-refractivity contribution in [3.8, 4) is 0 Å². The summed E-state index contributed by atoms with van der Waals surface area (Å²) in [5, 5.41) is 7.35. The van der Waals surface area contributed by atoms with Crippen LogP contribution < -0.4 is 10.6 Å². The summed E-state index contributed by atoms with van der Waals surface area (Å²) in [4.78, 5) is 25.0. The number of esters is 1. The molecule has 8 fully saturated rings. The predicted molar refractivity (Wildman–Crippen MR) is 155 cm³/mol. The van der Waals surface area contributed by atoms with Gasteiger partial charge in [-0.1, -0.05) is 44.9 Å². The van der Waals surface area contributed by atoms with Gasteiger partial charge in [0.2, 0.25) is 0 Å². The van der Waals surface area contributed by atoms with Crippen molar-refractivity contribution in [2.45, 2.75) is 153 Å². The van der Waals surface area contributed by atoms with Crippen molar-refractivity contribution in [1.29, 1.82) is 0 Å². The fraction of sp³-hybridized carbons (Fsp3) is 0.941. The molecule has 0 aliphatic heterocycles. The van der Waals surface area contributed by atoms with Crippen LogP contribution in [0.25, 0.3) is 0 Å². The highest BCUT2D eigenvalue weighted by Gasteiger charge is 2.55. The van der Waals surface area contributed by atoms with Crippen LogP contribution in [0.3, 0.4) is 0 Å². The lowest BCUT2D eigenvalue weighted by atomic mass is 9.47. The lowest BCUT2D eigenvalue weighted by Gasteiger charge is -2.60. The zero-order valence-corrected chi connectivity index (χ0v) is 24.8. The summed E-state index contributed by atoms with van der Waals surface area (Å²) in [6.45, 7) is 0. The van der Waals surface area contributed by atoms with Gasteiger partial charge >= 0.3 is 12.0 Å². The molecule has 0 aromatic carbocycles. The van der Waals surface area contributed by atoms with Crippen molar-refractivity contribution in [3.63, 3.8) is 0 Å². The van der Waals surface area contributed by atoms with E-state index in [1.165, 1.54) is 129 Å². The number of carbonyl (C=O) groups excluding carboxylic acids is 2. The molecule has 0 saturated heterocycles. The predicted octanol–water partition coefficient (Wildman–Crippen LogP) is 7.91. The summed E-state index contributed by atoms with van der Waals surface area (Å²) in [6.07, 6.45) is 27.9. The maximum Gasteiger partial charge on any atom is 0.315 e. The van der Waals surface area contributed by atoms with Gasteiger partial charge in [-0.25, -0.2) is 4.79 Å². The highest BCUT2D eigenvalue weighted by atomic mass is 16.5. The van der Waals surface area contributed by atoms with E-state index in [1.54, 1.807) is 0 Å². The van der Waals surface area contributed by atoms with Crippen LogP contribution in [-0.2, 0) is 9.53 Å². The van der Waals surface area contributed by atoms with Gasteiger partial charge in [-0.2, -0.15) is 0 Å². The van der Waals surface area contributed by atoms with Crippen LogP contribution in [0.15, 0.2) is 0 Å². The molecule has 1 unspecified atom stereocenters. The molecule has 0 aromatic rings. The fourth-order valence-electron chi connectivity index (χ4n) is 11.6. The first-order chi connectivity index (χ1) is 18.9. The molecule has 5 nitrogen and oxygen atoms in total. The molecule has 2 N–H and O–H groups in total. The van der Waals surface area contributed by atoms with E-state index in [1.807, 2.05) is 0 Å². The molecule has 5 heteroatoms. The van der Waals surface area contributed by atoms with Gasteiger partial charge in [0.1, 0.15) is 0 Å². The van der Waals surface area contributed by atoms with Crippen molar-refractivity contribution in [2.24, 2.45) is 40.9 Å². The molecule has 8 aliphatic rings. The van der Waals surface area contributed by atoms with Gasteiger partial charge in [-0.3, -0.25) is 4.79 Å². The number of hydrogen-bond donors (Lipinski definition) is 2. The first-order valence-corrected chi connectivity index (χ1v) is 17.1. The Hall–Kier alpha value is -1.26. The minimum absolute atomic E-state index is 0.0798. The van der Waals surface area contributed by atoms with Crippen LogP contribution in [-0.4, -0.2) is 30.7 Å². The number of hydrogen-bond acceptors (Lipinski definition) is 3. The van der Waals surface area contributed by atoms with Gasteiger partial charge in [0, 0.05) is 18.0 Å². The molecule has 220 valence electrons. The summed E-state index contributed by atoms with van der Waals surface area (Å²) >= 11 is 0. The number of rotatable bonds is 14. The zero-order chi connectivity index (χ0) is 26.9. The third-order valence-corrected chi connectivity index (χ3v) is 12.4. The van der Waals surface area contributed by atoms with E-state index >= 15 is 0 Å². The van der Waals surface area contributed by atoms with Gasteiger partial charge in [0.05, 0.1) is 7.11 Å².